The maximum Gasteiger partial charge on any atom is 0.429 e. The number of nitrogens with one attached hydrogen (secondary N) is 1. The van der Waals surface area contributed by atoms with E-state index in [0.29, 0.717) is 0 Å². The summed E-state index contributed by atoms with van der Waals surface area (Å²) < 4.78 is 32.6. The lowest BCUT2D eigenvalue weighted by molar-refractivity contribution is 0.00281. The lowest BCUT2D eigenvalue weighted by Crippen LogP contribution is -2.51. The molecule has 0 aliphatic carbocycles. The Morgan fingerprint density at radius 2 is 1.45 bits per heavy atom. The number of hydrogen-bond acceptors (Lipinski definition) is 6. The van der Waals surface area contributed by atoms with E-state index in [0.717, 1.165) is 11.3 Å². The Morgan fingerprint density at radius 1 is 1.00 bits per heavy atom. The van der Waals surface area contributed by atoms with E-state index in [1.807, 2.05) is 0 Å². The van der Waals surface area contributed by atoms with Gasteiger partial charge in [-0.2, -0.15) is 0 Å². The smallest absolute Gasteiger partial charge is 0.429 e. The molecule has 0 unspecified atom stereocenters. The third kappa shape index (κ3) is 11.2. The van der Waals surface area contributed by atoms with E-state index in [1.165, 1.54) is 0 Å². The van der Waals surface area contributed by atoms with E-state index in [2.05, 4.69) is 5.43 Å². The normalized spacial score (nSPS) is 12.5. The SMILES string of the molecule is CC(C)(C)OC(=O)NN(CCS(C)(=O)=O)C(=O)OC(C)(C)C. The van der Waals surface area contributed by atoms with Crippen LogP contribution in [0, 0.1) is 0 Å². The topological polar surface area (TPSA) is 102 Å². The van der Waals surface area contributed by atoms with Crippen LogP contribution in [0.4, 0.5) is 9.59 Å². The molecule has 0 aliphatic rings. The van der Waals surface area contributed by atoms with Crippen LogP contribution in [0.25, 0.3) is 0 Å². The molecule has 0 aromatic rings. The van der Waals surface area contributed by atoms with Crippen LogP contribution in [0.3, 0.4) is 0 Å². The van der Waals surface area contributed by atoms with Gasteiger partial charge in [-0.3, -0.25) is 0 Å². The fourth-order valence-electron chi connectivity index (χ4n) is 1.18. The highest BCUT2D eigenvalue weighted by Crippen LogP contribution is 2.10. The van der Waals surface area contributed by atoms with Gasteiger partial charge in [0.25, 0.3) is 0 Å². The maximum absolute atomic E-state index is 12.0. The predicted molar refractivity (Wildman–Crippen MR) is 82.0 cm³/mol. The summed E-state index contributed by atoms with van der Waals surface area (Å²) in [4.78, 5) is 23.7. The van der Waals surface area contributed by atoms with Crippen LogP contribution in [-0.4, -0.2) is 55.4 Å². The molecule has 8 nitrogen and oxygen atoms in total. The Hall–Kier alpha value is -1.51. The Kier molecular flexibility index (Phi) is 6.68. The van der Waals surface area contributed by atoms with Gasteiger partial charge in [0.2, 0.25) is 0 Å². The number of nitrogens with zero attached hydrogens (tertiary/aromatic N) is 1. The number of rotatable bonds is 3. The van der Waals surface area contributed by atoms with Crippen LogP contribution in [0.2, 0.25) is 0 Å². The molecular formula is C13H26N2O6S. The third-order valence-electron chi connectivity index (χ3n) is 1.92. The van der Waals surface area contributed by atoms with Crippen molar-refractivity contribution in [2.45, 2.75) is 52.7 Å². The van der Waals surface area contributed by atoms with Gasteiger partial charge in [-0.05, 0) is 41.5 Å². The van der Waals surface area contributed by atoms with Crippen molar-refractivity contribution in [3.05, 3.63) is 0 Å². The zero-order valence-corrected chi connectivity index (χ0v) is 15.0. The van der Waals surface area contributed by atoms with Gasteiger partial charge in [-0.15, -0.1) is 0 Å². The van der Waals surface area contributed by atoms with Crippen molar-refractivity contribution in [1.82, 2.24) is 10.4 Å². The first-order valence-electron chi connectivity index (χ1n) is 6.77. The van der Waals surface area contributed by atoms with Gasteiger partial charge in [-0.1, -0.05) is 0 Å². The van der Waals surface area contributed by atoms with Gasteiger partial charge in [-0.25, -0.2) is 28.4 Å². The van der Waals surface area contributed by atoms with E-state index >= 15 is 0 Å². The molecule has 1 N–H and O–H groups in total. The van der Waals surface area contributed by atoms with Crippen LogP contribution in [0.15, 0.2) is 0 Å². The Morgan fingerprint density at radius 3 is 1.82 bits per heavy atom. The van der Waals surface area contributed by atoms with E-state index in [-0.39, 0.29) is 12.3 Å². The summed E-state index contributed by atoms with van der Waals surface area (Å²) in [5, 5.41) is 0.792. The van der Waals surface area contributed by atoms with E-state index in [4.69, 9.17) is 9.47 Å². The average molecular weight is 338 g/mol. The standard InChI is InChI=1S/C13H26N2O6S/c1-12(2,3)20-10(16)14-15(8-9-22(7,18)19)11(17)21-13(4,5)6/h8-9H2,1-7H3,(H,14,16). The van der Waals surface area contributed by atoms with Crippen molar-refractivity contribution >= 4 is 22.0 Å². The number of carbonyl (C=O) groups excluding carboxylic acids is 2. The first-order chi connectivity index (χ1) is 9.59. The van der Waals surface area contributed by atoms with Crippen LogP contribution < -0.4 is 5.43 Å². The number of ether oxygens (including phenoxy) is 2. The van der Waals surface area contributed by atoms with Crippen LogP contribution in [0.1, 0.15) is 41.5 Å². The molecule has 0 saturated heterocycles. The molecule has 9 heteroatoms. The minimum Gasteiger partial charge on any atom is -0.443 e. The summed E-state index contributed by atoms with van der Waals surface area (Å²) in [7, 11) is -3.31. The molecule has 0 aromatic carbocycles. The predicted octanol–water partition coefficient (Wildman–Crippen LogP) is 1.71. The zero-order valence-electron chi connectivity index (χ0n) is 14.2. The van der Waals surface area contributed by atoms with Gasteiger partial charge >= 0.3 is 12.2 Å². The first-order valence-corrected chi connectivity index (χ1v) is 8.83. The monoisotopic (exact) mass is 338 g/mol. The molecule has 0 saturated carbocycles. The van der Waals surface area contributed by atoms with Crippen LogP contribution >= 0.6 is 0 Å². The van der Waals surface area contributed by atoms with Crippen LogP contribution in [0.5, 0.6) is 0 Å². The number of sulfone groups is 1. The summed E-state index contributed by atoms with van der Waals surface area (Å²) in [6.45, 7) is 9.74. The molecule has 0 heterocycles. The fourth-order valence-corrected chi connectivity index (χ4v) is 1.69. The first kappa shape index (κ1) is 20.5. The molecule has 0 spiro atoms. The van der Waals surface area contributed by atoms with Crippen molar-refractivity contribution < 1.29 is 27.5 Å². The molecule has 0 fully saturated rings. The van der Waals surface area contributed by atoms with E-state index < -0.39 is 33.2 Å². The summed E-state index contributed by atoms with van der Waals surface area (Å²) >= 11 is 0. The van der Waals surface area contributed by atoms with E-state index in [9.17, 15) is 18.0 Å². The maximum atomic E-state index is 12.0. The largest absolute Gasteiger partial charge is 0.443 e. The second-order valence-corrected chi connectivity index (χ2v) is 9.14. The lowest BCUT2D eigenvalue weighted by Gasteiger charge is -2.28. The molecular weight excluding hydrogens is 312 g/mol. The number of carbonyl (C=O) groups is 2. The average Bonchev–Trinajstić information content (AvgIpc) is 2.17. The lowest BCUT2D eigenvalue weighted by atomic mass is 10.2. The minimum atomic E-state index is -3.31. The second-order valence-electron chi connectivity index (χ2n) is 6.88. The molecule has 0 bridgehead atoms. The van der Waals surface area contributed by atoms with Crippen molar-refractivity contribution in [3.63, 3.8) is 0 Å². The Balaban J connectivity index is 4.93. The molecule has 0 aliphatic heterocycles. The highest BCUT2D eigenvalue weighted by molar-refractivity contribution is 7.90. The summed E-state index contributed by atoms with van der Waals surface area (Å²) in [5.41, 5.74) is 0.670. The van der Waals surface area contributed by atoms with Gasteiger partial charge in [0, 0.05) is 6.26 Å². The summed E-state index contributed by atoms with van der Waals surface area (Å²) in [6.07, 6.45) is -0.692. The number of amides is 2. The highest BCUT2D eigenvalue weighted by atomic mass is 32.2. The fraction of sp³-hybridized carbons (Fsp3) is 0.846. The molecule has 22 heavy (non-hydrogen) atoms. The van der Waals surface area contributed by atoms with E-state index in [1.54, 1.807) is 41.5 Å². The van der Waals surface area contributed by atoms with Gasteiger partial charge < -0.3 is 9.47 Å². The van der Waals surface area contributed by atoms with Crippen molar-refractivity contribution in [2.24, 2.45) is 0 Å². The van der Waals surface area contributed by atoms with Gasteiger partial charge in [0.05, 0.1) is 12.3 Å². The van der Waals surface area contributed by atoms with Crippen molar-refractivity contribution in [2.75, 3.05) is 18.6 Å². The number of hydrogen-bond donors (Lipinski definition) is 1. The Bertz CT molecular complexity index is 502. The minimum absolute atomic E-state index is 0.243. The Labute approximate surface area is 132 Å². The zero-order chi connectivity index (χ0) is 17.8. The number of hydrazine groups is 1. The van der Waals surface area contributed by atoms with Crippen LogP contribution in [-0.2, 0) is 19.3 Å². The third-order valence-corrected chi connectivity index (χ3v) is 2.85. The summed E-state index contributed by atoms with van der Waals surface area (Å²) in [6, 6.07) is 0. The van der Waals surface area contributed by atoms with Gasteiger partial charge in [0.15, 0.2) is 0 Å². The quantitative estimate of drug-likeness (QED) is 0.786. The van der Waals surface area contributed by atoms with Gasteiger partial charge in [0.1, 0.15) is 21.0 Å². The van der Waals surface area contributed by atoms with Crippen molar-refractivity contribution in [1.29, 1.82) is 0 Å². The molecule has 0 aromatic heterocycles. The highest BCUT2D eigenvalue weighted by Gasteiger charge is 2.26. The molecule has 130 valence electrons. The molecule has 0 rings (SSSR count). The summed E-state index contributed by atoms with van der Waals surface area (Å²) in [5.74, 6) is -0.317. The van der Waals surface area contributed by atoms with Crippen molar-refractivity contribution in [3.8, 4) is 0 Å². The molecule has 0 atom stereocenters. The molecule has 2 amide bonds. The molecule has 0 radical (unpaired) electrons. The second kappa shape index (κ2) is 7.17.